The third kappa shape index (κ3) is 5.12. The summed E-state index contributed by atoms with van der Waals surface area (Å²) < 4.78 is 17.1. The number of nitrogens with one attached hydrogen (secondary N) is 1. The first kappa shape index (κ1) is 23.7. The Bertz CT molecular complexity index is 1320. The second kappa shape index (κ2) is 9.89. The van der Waals surface area contributed by atoms with Crippen molar-refractivity contribution in [3.63, 3.8) is 0 Å². The Hall–Kier alpha value is -4.07. The smallest absolute Gasteiger partial charge is 0.287 e. The zero-order valence-electron chi connectivity index (χ0n) is 20.3. The molecule has 0 bridgehead atoms. The van der Waals surface area contributed by atoms with Crippen molar-refractivity contribution in [1.82, 2.24) is 5.32 Å². The van der Waals surface area contributed by atoms with Crippen molar-refractivity contribution >= 4 is 23.3 Å². The summed E-state index contributed by atoms with van der Waals surface area (Å²) in [5.74, 6) is 1.64. The van der Waals surface area contributed by atoms with Crippen molar-refractivity contribution < 1.29 is 28.3 Å². The Balaban J connectivity index is 1.29. The second-order valence-electron chi connectivity index (χ2n) is 9.28. The molecule has 8 heteroatoms. The molecule has 1 aromatic heterocycles. The summed E-state index contributed by atoms with van der Waals surface area (Å²) in [6.45, 7) is 4.45. The van der Waals surface area contributed by atoms with Gasteiger partial charge in [-0.25, -0.2) is 0 Å². The van der Waals surface area contributed by atoms with Crippen LogP contribution in [-0.2, 0) is 11.3 Å². The first-order chi connectivity index (χ1) is 17.4. The number of Topliss-reactive ketones (excluding diaryl/α,β-unsaturated/α-hetero) is 1. The molecule has 2 aromatic carbocycles. The molecule has 1 saturated carbocycles. The molecular weight excluding hydrogens is 460 g/mol. The monoisotopic (exact) mass is 488 g/mol. The van der Waals surface area contributed by atoms with E-state index >= 15 is 0 Å². The van der Waals surface area contributed by atoms with Gasteiger partial charge in [-0.3, -0.25) is 19.3 Å². The lowest BCUT2D eigenvalue weighted by Gasteiger charge is -2.29. The van der Waals surface area contributed by atoms with Crippen molar-refractivity contribution in [3.8, 4) is 11.5 Å². The molecule has 2 heterocycles. The van der Waals surface area contributed by atoms with Gasteiger partial charge >= 0.3 is 0 Å². The van der Waals surface area contributed by atoms with Gasteiger partial charge in [0.2, 0.25) is 0 Å². The third-order valence-electron chi connectivity index (χ3n) is 6.59. The van der Waals surface area contributed by atoms with Crippen molar-refractivity contribution in [3.05, 3.63) is 76.7 Å². The number of anilines is 1. The molecule has 0 atom stereocenters. The summed E-state index contributed by atoms with van der Waals surface area (Å²) in [6, 6.07) is 14.0. The van der Waals surface area contributed by atoms with E-state index in [1.165, 1.54) is 4.90 Å². The molecule has 1 aliphatic heterocycles. The molecule has 1 N–H and O–H groups in total. The van der Waals surface area contributed by atoms with Crippen LogP contribution < -0.4 is 19.7 Å². The van der Waals surface area contributed by atoms with E-state index < -0.39 is 0 Å². The lowest BCUT2D eigenvalue weighted by molar-refractivity contribution is -0.121. The zero-order valence-corrected chi connectivity index (χ0v) is 20.3. The Labute approximate surface area is 209 Å². The predicted octanol–water partition coefficient (Wildman–Crippen LogP) is 4.22. The van der Waals surface area contributed by atoms with Crippen LogP contribution in [0, 0.1) is 19.8 Å². The minimum atomic E-state index is -0.269. The molecule has 8 nitrogen and oxygen atoms in total. The SMILES string of the molecule is Cc1cccc(OCC(=O)c2ccc3c(c2)N(Cc2ccc(C(=O)NCC4CC4)o2)C(=O)CO3)c1C. The quantitative estimate of drug-likeness (QED) is 0.453. The van der Waals surface area contributed by atoms with Gasteiger partial charge in [0.1, 0.15) is 17.3 Å². The number of aryl methyl sites for hydroxylation is 1. The van der Waals surface area contributed by atoms with E-state index in [1.807, 2.05) is 32.0 Å². The van der Waals surface area contributed by atoms with Crippen LogP contribution >= 0.6 is 0 Å². The number of hydrogen-bond donors (Lipinski definition) is 1. The molecule has 3 aromatic rings. The highest BCUT2D eigenvalue weighted by molar-refractivity contribution is 6.02. The normalized spacial score (nSPS) is 14.7. The largest absolute Gasteiger partial charge is 0.485 e. The fourth-order valence-corrected chi connectivity index (χ4v) is 4.04. The standard InChI is InChI=1S/C28H28N2O6/c1-17-4-3-5-24(18(17)2)34-15-23(31)20-8-10-25-22(12-20)30(27(32)16-35-25)14-21-9-11-26(36-21)28(33)29-13-19-6-7-19/h3-5,8-12,19H,6-7,13-16H2,1-2H3,(H,29,33). The Morgan fingerprint density at radius 1 is 1.11 bits per heavy atom. The molecule has 0 spiro atoms. The number of hydrogen-bond acceptors (Lipinski definition) is 6. The van der Waals surface area contributed by atoms with Gasteiger partial charge < -0.3 is 19.2 Å². The summed E-state index contributed by atoms with van der Waals surface area (Å²) in [5, 5.41) is 2.87. The van der Waals surface area contributed by atoms with Crippen LogP contribution in [0.2, 0.25) is 0 Å². The van der Waals surface area contributed by atoms with Gasteiger partial charge in [-0.05, 0) is 80.1 Å². The van der Waals surface area contributed by atoms with Gasteiger partial charge in [0.15, 0.2) is 24.8 Å². The molecule has 0 unspecified atom stereocenters. The number of furan rings is 1. The molecule has 2 aliphatic rings. The van der Waals surface area contributed by atoms with Gasteiger partial charge in [0.05, 0.1) is 12.2 Å². The summed E-state index contributed by atoms with van der Waals surface area (Å²) in [6.07, 6.45) is 2.29. The van der Waals surface area contributed by atoms with Crippen LogP contribution in [-0.4, -0.2) is 37.4 Å². The maximum absolute atomic E-state index is 12.9. The van der Waals surface area contributed by atoms with E-state index in [2.05, 4.69) is 5.32 Å². The molecule has 1 aliphatic carbocycles. The van der Waals surface area contributed by atoms with Crippen molar-refractivity contribution in [2.24, 2.45) is 5.92 Å². The van der Waals surface area contributed by atoms with Crippen LogP contribution in [0.3, 0.4) is 0 Å². The minimum absolute atomic E-state index is 0.113. The van der Waals surface area contributed by atoms with Gasteiger partial charge in [-0.2, -0.15) is 0 Å². The topological polar surface area (TPSA) is 98.1 Å². The average molecular weight is 489 g/mol. The van der Waals surface area contributed by atoms with Crippen molar-refractivity contribution in [2.75, 3.05) is 24.7 Å². The Morgan fingerprint density at radius 3 is 2.75 bits per heavy atom. The molecule has 0 saturated heterocycles. The van der Waals surface area contributed by atoms with E-state index in [1.54, 1.807) is 30.3 Å². The number of amides is 2. The maximum Gasteiger partial charge on any atom is 0.287 e. The van der Waals surface area contributed by atoms with Crippen LogP contribution in [0.25, 0.3) is 0 Å². The molecule has 1 fully saturated rings. The molecule has 0 radical (unpaired) electrons. The zero-order chi connectivity index (χ0) is 25.2. The number of carbonyl (C=O) groups is 3. The lowest BCUT2D eigenvalue weighted by atomic mass is 10.1. The number of carbonyl (C=O) groups excluding carboxylic acids is 3. The summed E-state index contributed by atoms with van der Waals surface area (Å²) in [5.41, 5.74) is 2.95. The molecule has 186 valence electrons. The van der Waals surface area contributed by atoms with E-state index in [9.17, 15) is 14.4 Å². The summed E-state index contributed by atoms with van der Waals surface area (Å²) >= 11 is 0. The first-order valence-electron chi connectivity index (χ1n) is 12.1. The number of nitrogens with zero attached hydrogens (tertiary/aromatic N) is 1. The van der Waals surface area contributed by atoms with Gasteiger partial charge in [0, 0.05) is 12.1 Å². The maximum atomic E-state index is 12.9. The van der Waals surface area contributed by atoms with Crippen LogP contribution in [0.15, 0.2) is 52.9 Å². The first-order valence-corrected chi connectivity index (χ1v) is 12.1. The molecule has 36 heavy (non-hydrogen) atoms. The molecule has 5 rings (SSSR count). The van der Waals surface area contributed by atoms with E-state index in [0.29, 0.717) is 41.0 Å². The van der Waals surface area contributed by atoms with E-state index in [-0.39, 0.29) is 43.1 Å². The van der Waals surface area contributed by atoms with Gasteiger partial charge in [-0.1, -0.05) is 12.1 Å². The number of ether oxygens (including phenoxy) is 2. The van der Waals surface area contributed by atoms with E-state index in [4.69, 9.17) is 13.9 Å². The summed E-state index contributed by atoms with van der Waals surface area (Å²) in [7, 11) is 0. The highest BCUT2D eigenvalue weighted by Gasteiger charge is 2.28. The van der Waals surface area contributed by atoms with Crippen molar-refractivity contribution in [2.45, 2.75) is 33.2 Å². The average Bonchev–Trinajstić information content (AvgIpc) is 3.60. The number of benzene rings is 2. The number of ketones is 1. The lowest BCUT2D eigenvalue weighted by Crippen LogP contribution is -2.38. The van der Waals surface area contributed by atoms with Gasteiger partial charge in [0.25, 0.3) is 11.8 Å². The van der Waals surface area contributed by atoms with Gasteiger partial charge in [-0.15, -0.1) is 0 Å². The fourth-order valence-electron chi connectivity index (χ4n) is 4.04. The minimum Gasteiger partial charge on any atom is -0.485 e. The number of fused-ring (bicyclic) bond motifs is 1. The highest BCUT2D eigenvalue weighted by atomic mass is 16.5. The molecule has 2 amide bonds. The van der Waals surface area contributed by atoms with Crippen LogP contribution in [0.1, 0.15) is 50.6 Å². The van der Waals surface area contributed by atoms with Crippen molar-refractivity contribution in [1.29, 1.82) is 0 Å². The highest BCUT2D eigenvalue weighted by Crippen LogP contribution is 2.34. The summed E-state index contributed by atoms with van der Waals surface area (Å²) in [4.78, 5) is 39.4. The number of rotatable bonds is 9. The van der Waals surface area contributed by atoms with Crippen LogP contribution in [0.4, 0.5) is 5.69 Å². The molecular formula is C28H28N2O6. The third-order valence-corrected chi connectivity index (χ3v) is 6.59. The second-order valence-corrected chi connectivity index (χ2v) is 9.28. The van der Waals surface area contributed by atoms with Crippen LogP contribution in [0.5, 0.6) is 11.5 Å². The predicted molar refractivity (Wildman–Crippen MR) is 133 cm³/mol. The Kier molecular flexibility index (Phi) is 6.50. The Morgan fingerprint density at radius 2 is 1.94 bits per heavy atom. The fraction of sp³-hybridized carbons (Fsp3) is 0.321. The van der Waals surface area contributed by atoms with E-state index in [0.717, 1.165) is 24.0 Å².